The number of hydrogen-bond acceptors (Lipinski definition) is 1. The van der Waals surface area contributed by atoms with Gasteiger partial charge in [0.05, 0.1) is 5.69 Å². The summed E-state index contributed by atoms with van der Waals surface area (Å²) in [6, 6.07) is 76.5. The first kappa shape index (κ1) is 33.3. The lowest BCUT2D eigenvalue weighted by atomic mass is 9.84. The van der Waals surface area contributed by atoms with Crippen molar-refractivity contribution in [1.82, 2.24) is 0 Å². The van der Waals surface area contributed by atoms with E-state index >= 15 is 0 Å². The van der Waals surface area contributed by atoms with Gasteiger partial charge in [-0.2, -0.15) is 0 Å². The average Bonchev–Trinajstić information content (AvgIpc) is 3.27. The van der Waals surface area contributed by atoms with Gasteiger partial charge in [-0.25, -0.2) is 4.99 Å². The molecular formula is C54H38N2. The zero-order valence-corrected chi connectivity index (χ0v) is 31.1. The number of rotatable bonds is 6. The molecule has 0 saturated carbocycles. The van der Waals surface area contributed by atoms with Crippen LogP contribution in [0.25, 0.3) is 76.5 Å². The number of nitrogens with zero attached hydrogens (tertiary/aromatic N) is 2. The SMILES string of the molecule is CN(C(=Nc1ccccc1)c1ccc(-c2ccc3c(-c4ccc5ccccc5c4)c4ccccc4c(-c4ccc5ccccc5c4)c3c2)cc1)c1ccccc1. The van der Waals surface area contributed by atoms with Gasteiger partial charge in [0.25, 0.3) is 0 Å². The third-order valence-electron chi connectivity index (χ3n) is 11.0. The number of anilines is 1. The summed E-state index contributed by atoms with van der Waals surface area (Å²) in [4.78, 5) is 7.30. The molecule has 0 bridgehead atoms. The monoisotopic (exact) mass is 714 g/mol. The van der Waals surface area contributed by atoms with Crippen molar-refractivity contribution in [1.29, 1.82) is 0 Å². The highest BCUT2D eigenvalue weighted by atomic mass is 15.2. The van der Waals surface area contributed by atoms with Crippen molar-refractivity contribution in [2.75, 3.05) is 11.9 Å². The van der Waals surface area contributed by atoms with Crippen LogP contribution in [-0.4, -0.2) is 12.9 Å². The number of aliphatic imine (C=N–C) groups is 1. The van der Waals surface area contributed by atoms with Gasteiger partial charge >= 0.3 is 0 Å². The number of benzene rings is 10. The molecule has 10 aromatic rings. The summed E-state index contributed by atoms with van der Waals surface area (Å²) < 4.78 is 0. The maximum atomic E-state index is 5.14. The zero-order valence-electron chi connectivity index (χ0n) is 31.1. The summed E-state index contributed by atoms with van der Waals surface area (Å²) in [7, 11) is 2.08. The lowest BCUT2D eigenvalue weighted by Crippen LogP contribution is -2.27. The van der Waals surface area contributed by atoms with E-state index in [1.54, 1.807) is 0 Å². The minimum absolute atomic E-state index is 0.887. The Bertz CT molecular complexity index is 3070. The molecular weight excluding hydrogens is 677 g/mol. The molecule has 0 fully saturated rings. The highest BCUT2D eigenvalue weighted by Crippen LogP contribution is 2.45. The van der Waals surface area contributed by atoms with Gasteiger partial charge in [-0.3, -0.25) is 0 Å². The fourth-order valence-corrected chi connectivity index (χ4v) is 8.21. The van der Waals surface area contributed by atoms with Crippen LogP contribution < -0.4 is 4.90 Å². The first-order valence-corrected chi connectivity index (χ1v) is 19.2. The first-order chi connectivity index (χ1) is 27.7. The van der Waals surface area contributed by atoms with Crippen LogP contribution in [0.1, 0.15) is 5.56 Å². The number of fused-ring (bicyclic) bond motifs is 4. The van der Waals surface area contributed by atoms with Gasteiger partial charge in [-0.15, -0.1) is 0 Å². The Hall–Kier alpha value is -7.29. The fourth-order valence-electron chi connectivity index (χ4n) is 8.21. The predicted octanol–water partition coefficient (Wildman–Crippen LogP) is 14.5. The Morgan fingerprint density at radius 3 is 1.43 bits per heavy atom. The maximum absolute atomic E-state index is 5.14. The molecule has 0 aromatic heterocycles. The minimum Gasteiger partial charge on any atom is -0.329 e. The first-order valence-electron chi connectivity index (χ1n) is 19.2. The summed E-state index contributed by atoms with van der Waals surface area (Å²) in [6.45, 7) is 0. The number of hydrogen-bond donors (Lipinski definition) is 0. The normalized spacial score (nSPS) is 11.8. The molecule has 264 valence electrons. The minimum atomic E-state index is 0.887. The van der Waals surface area contributed by atoms with Crippen LogP contribution in [0.15, 0.2) is 217 Å². The van der Waals surface area contributed by atoms with Crippen molar-refractivity contribution in [3.63, 3.8) is 0 Å². The van der Waals surface area contributed by atoms with E-state index in [9.17, 15) is 0 Å². The van der Waals surface area contributed by atoms with Gasteiger partial charge < -0.3 is 4.90 Å². The second-order valence-electron chi connectivity index (χ2n) is 14.4. The average molecular weight is 715 g/mol. The highest BCUT2D eigenvalue weighted by Gasteiger charge is 2.19. The van der Waals surface area contributed by atoms with Gasteiger partial charge in [0.15, 0.2) is 0 Å². The molecule has 0 aliphatic heterocycles. The molecule has 0 aliphatic rings. The lowest BCUT2D eigenvalue weighted by Gasteiger charge is -2.22. The lowest BCUT2D eigenvalue weighted by molar-refractivity contribution is 1.24. The maximum Gasteiger partial charge on any atom is 0.140 e. The molecule has 56 heavy (non-hydrogen) atoms. The van der Waals surface area contributed by atoms with E-state index in [0.29, 0.717) is 0 Å². The largest absolute Gasteiger partial charge is 0.329 e. The van der Waals surface area contributed by atoms with Crippen molar-refractivity contribution in [3.8, 4) is 33.4 Å². The number of amidine groups is 1. The van der Waals surface area contributed by atoms with Crippen molar-refractivity contribution in [2.45, 2.75) is 0 Å². The molecule has 0 amide bonds. The van der Waals surface area contributed by atoms with Crippen LogP contribution >= 0.6 is 0 Å². The molecule has 0 unspecified atom stereocenters. The van der Waals surface area contributed by atoms with Crippen molar-refractivity contribution >= 4 is 60.3 Å². The van der Waals surface area contributed by atoms with Crippen molar-refractivity contribution in [2.24, 2.45) is 4.99 Å². The van der Waals surface area contributed by atoms with E-state index < -0.39 is 0 Å². The molecule has 0 N–H and O–H groups in total. The summed E-state index contributed by atoms with van der Waals surface area (Å²) in [5.41, 5.74) is 10.3. The Morgan fingerprint density at radius 2 is 0.821 bits per heavy atom. The Balaban J connectivity index is 1.17. The number of para-hydroxylation sites is 2. The molecule has 10 aromatic carbocycles. The van der Waals surface area contributed by atoms with Gasteiger partial charge in [0.1, 0.15) is 5.84 Å². The van der Waals surface area contributed by atoms with Crippen LogP contribution in [0.2, 0.25) is 0 Å². The summed E-state index contributed by atoms with van der Waals surface area (Å²) in [6.07, 6.45) is 0. The topological polar surface area (TPSA) is 15.6 Å². The molecule has 0 heterocycles. The van der Waals surface area contributed by atoms with Crippen LogP contribution in [0.5, 0.6) is 0 Å². The van der Waals surface area contributed by atoms with E-state index in [-0.39, 0.29) is 0 Å². The zero-order chi connectivity index (χ0) is 37.4. The van der Waals surface area contributed by atoms with E-state index in [2.05, 4.69) is 188 Å². The molecule has 2 nitrogen and oxygen atoms in total. The third-order valence-corrected chi connectivity index (χ3v) is 11.0. The fraction of sp³-hybridized carbons (Fsp3) is 0.0185. The molecule has 0 aliphatic carbocycles. The second-order valence-corrected chi connectivity index (χ2v) is 14.4. The van der Waals surface area contributed by atoms with Crippen LogP contribution in [0.4, 0.5) is 11.4 Å². The van der Waals surface area contributed by atoms with Gasteiger partial charge in [0.2, 0.25) is 0 Å². The van der Waals surface area contributed by atoms with E-state index in [0.717, 1.165) is 28.3 Å². The van der Waals surface area contributed by atoms with Crippen LogP contribution in [0, 0.1) is 0 Å². The standard InChI is InChI=1S/C54H38N2/c1-56(47-20-6-3-7-21-47)54(55-46-18-4-2-5-19-46)40-28-24-39(25-29-40)43-32-33-50-51(36-43)53(45-31-27-38-15-9-11-17-42(38)35-45)49-23-13-12-22-48(49)52(50)44-30-26-37-14-8-10-16-41(37)34-44/h2-36H,1H3. The Kier molecular flexibility index (Phi) is 8.42. The van der Waals surface area contributed by atoms with Gasteiger partial charge in [0, 0.05) is 18.3 Å². The highest BCUT2D eigenvalue weighted by molar-refractivity contribution is 6.22. The molecule has 0 spiro atoms. The van der Waals surface area contributed by atoms with E-state index in [4.69, 9.17) is 4.99 Å². The second kappa shape index (κ2) is 14.2. The van der Waals surface area contributed by atoms with Crippen LogP contribution in [0.3, 0.4) is 0 Å². The molecule has 0 saturated heterocycles. The third kappa shape index (κ3) is 6.08. The predicted molar refractivity (Wildman–Crippen MR) is 240 cm³/mol. The summed E-state index contributed by atoms with van der Waals surface area (Å²) in [5, 5.41) is 9.94. The van der Waals surface area contributed by atoms with Crippen LogP contribution in [-0.2, 0) is 0 Å². The summed E-state index contributed by atoms with van der Waals surface area (Å²) >= 11 is 0. The Labute approximate surface area is 327 Å². The molecule has 2 heteroatoms. The van der Waals surface area contributed by atoms with E-state index in [1.807, 2.05) is 36.4 Å². The Morgan fingerprint density at radius 1 is 0.357 bits per heavy atom. The van der Waals surface area contributed by atoms with Gasteiger partial charge in [-0.1, -0.05) is 170 Å². The van der Waals surface area contributed by atoms with Crippen molar-refractivity contribution in [3.05, 3.63) is 218 Å². The molecule has 0 radical (unpaired) electrons. The van der Waals surface area contributed by atoms with E-state index in [1.165, 1.54) is 70.9 Å². The van der Waals surface area contributed by atoms with Crippen molar-refractivity contribution < 1.29 is 0 Å². The van der Waals surface area contributed by atoms with Gasteiger partial charge in [-0.05, 0) is 119 Å². The molecule has 0 atom stereocenters. The smallest absolute Gasteiger partial charge is 0.140 e. The molecule has 10 rings (SSSR count). The quantitative estimate of drug-likeness (QED) is 0.0951. The summed E-state index contributed by atoms with van der Waals surface area (Å²) in [5.74, 6) is 0.887.